The number of benzene rings is 2. The molecule has 0 aromatic heterocycles. The van der Waals surface area contributed by atoms with Crippen molar-refractivity contribution in [3.63, 3.8) is 0 Å². The van der Waals surface area contributed by atoms with Gasteiger partial charge < -0.3 is 4.90 Å². The molecule has 0 amide bonds. The van der Waals surface area contributed by atoms with Gasteiger partial charge >= 0.3 is 0 Å². The Balaban J connectivity index is 1.47. The zero-order chi connectivity index (χ0) is 22.9. The summed E-state index contributed by atoms with van der Waals surface area (Å²) < 4.78 is 53.3. The smallest absolute Gasteiger partial charge is 0.243 e. The average Bonchev–Trinajstić information content (AvgIpc) is 2.79. The van der Waals surface area contributed by atoms with Crippen molar-refractivity contribution in [3.05, 3.63) is 60.2 Å². The topological polar surface area (TPSA) is 78.0 Å². The second kappa shape index (κ2) is 9.13. The van der Waals surface area contributed by atoms with Gasteiger partial charge in [0, 0.05) is 45.0 Å². The number of piperazine rings is 1. The molecule has 0 saturated carbocycles. The molecule has 7 nitrogen and oxygen atoms in total. The molecule has 0 spiro atoms. The van der Waals surface area contributed by atoms with E-state index in [0.29, 0.717) is 44.2 Å². The maximum Gasteiger partial charge on any atom is 0.243 e. The van der Waals surface area contributed by atoms with Crippen molar-refractivity contribution in [3.8, 4) is 0 Å². The van der Waals surface area contributed by atoms with E-state index in [2.05, 4.69) is 24.0 Å². The van der Waals surface area contributed by atoms with Gasteiger partial charge in [0.05, 0.1) is 11.2 Å². The van der Waals surface area contributed by atoms with Crippen molar-refractivity contribution in [1.82, 2.24) is 8.61 Å². The van der Waals surface area contributed by atoms with Crippen LogP contribution in [0.1, 0.15) is 24.8 Å². The lowest BCUT2D eigenvalue weighted by atomic mass is 9.86. The highest BCUT2D eigenvalue weighted by atomic mass is 32.2. The molecular weight excluding hydrogens is 446 g/mol. The number of nitrogens with zero attached hydrogens (tertiary/aromatic N) is 3. The Morgan fingerprint density at radius 1 is 0.781 bits per heavy atom. The standard InChI is InChI=1S/C23H31N3O4S2/c1-19-16-21(20-6-4-3-5-7-20)18-26(17-19)32(29,30)23-10-8-22(9-11-23)24-12-14-25(15-13-24)31(2,27)28/h3-11,19,21H,12-18H2,1-2H3/t19?,21-/m1/s1. The van der Waals surface area contributed by atoms with Crippen LogP contribution in [-0.4, -0.2) is 71.0 Å². The molecule has 1 unspecified atom stereocenters. The van der Waals surface area contributed by atoms with Gasteiger partial charge in [-0.3, -0.25) is 0 Å². The van der Waals surface area contributed by atoms with Crippen LogP contribution >= 0.6 is 0 Å². The maximum atomic E-state index is 13.4. The number of sulfonamides is 2. The zero-order valence-electron chi connectivity index (χ0n) is 18.6. The third-order valence-corrected chi connectivity index (χ3v) is 9.59. The van der Waals surface area contributed by atoms with Gasteiger partial charge in [-0.05, 0) is 48.1 Å². The maximum absolute atomic E-state index is 13.4. The van der Waals surface area contributed by atoms with Gasteiger partial charge in [-0.1, -0.05) is 37.3 Å². The Bertz CT molecular complexity index is 1130. The fraction of sp³-hybridized carbons (Fsp3) is 0.478. The van der Waals surface area contributed by atoms with Crippen molar-refractivity contribution in [2.24, 2.45) is 5.92 Å². The SMILES string of the molecule is CC1C[C@@H](c2ccccc2)CN(S(=O)(=O)c2ccc(N3CCN(S(C)(=O)=O)CC3)cc2)C1. The van der Waals surface area contributed by atoms with Crippen molar-refractivity contribution < 1.29 is 16.8 Å². The zero-order valence-corrected chi connectivity index (χ0v) is 20.2. The highest BCUT2D eigenvalue weighted by molar-refractivity contribution is 7.89. The molecule has 0 N–H and O–H groups in total. The minimum Gasteiger partial charge on any atom is -0.369 e. The molecule has 4 rings (SSSR count). The van der Waals surface area contributed by atoms with Gasteiger partial charge in [0.15, 0.2) is 0 Å². The summed E-state index contributed by atoms with van der Waals surface area (Å²) in [5, 5.41) is 0. The molecule has 2 aliphatic rings. The first-order valence-corrected chi connectivity index (χ1v) is 14.3. The third-order valence-electron chi connectivity index (χ3n) is 6.44. The van der Waals surface area contributed by atoms with Gasteiger partial charge in [0.25, 0.3) is 0 Å². The van der Waals surface area contributed by atoms with E-state index in [0.717, 1.165) is 12.1 Å². The van der Waals surface area contributed by atoms with E-state index < -0.39 is 20.0 Å². The summed E-state index contributed by atoms with van der Waals surface area (Å²) in [6.45, 7) is 5.17. The predicted octanol–water partition coefficient (Wildman–Crippen LogP) is 2.58. The Morgan fingerprint density at radius 2 is 1.41 bits per heavy atom. The van der Waals surface area contributed by atoms with Crippen LogP contribution < -0.4 is 4.90 Å². The molecule has 0 aliphatic carbocycles. The minimum atomic E-state index is -3.58. The first kappa shape index (κ1) is 23.2. The molecule has 2 aliphatic heterocycles. The number of piperidine rings is 1. The molecule has 2 saturated heterocycles. The monoisotopic (exact) mass is 477 g/mol. The number of rotatable bonds is 5. The molecule has 2 aromatic rings. The second-order valence-corrected chi connectivity index (χ2v) is 12.8. The Labute approximate surface area is 191 Å². The molecule has 174 valence electrons. The van der Waals surface area contributed by atoms with E-state index in [4.69, 9.17) is 0 Å². The highest BCUT2D eigenvalue weighted by Gasteiger charge is 2.34. The summed E-state index contributed by atoms with van der Waals surface area (Å²) in [5.74, 6) is 0.481. The average molecular weight is 478 g/mol. The first-order valence-electron chi connectivity index (χ1n) is 11.0. The molecular formula is C23H31N3O4S2. The van der Waals surface area contributed by atoms with E-state index in [1.54, 1.807) is 16.4 Å². The van der Waals surface area contributed by atoms with Crippen LogP contribution in [-0.2, 0) is 20.0 Å². The summed E-state index contributed by atoms with van der Waals surface area (Å²) in [6, 6.07) is 17.1. The van der Waals surface area contributed by atoms with E-state index in [1.165, 1.54) is 16.1 Å². The molecule has 2 heterocycles. The number of anilines is 1. The third kappa shape index (κ3) is 5.01. The lowest BCUT2D eigenvalue weighted by Gasteiger charge is -2.36. The normalized spacial score (nSPS) is 23.9. The molecule has 2 fully saturated rings. The van der Waals surface area contributed by atoms with Crippen LogP contribution in [0.4, 0.5) is 5.69 Å². The largest absolute Gasteiger partial charge is 0.369 e. The summed E-state index contributed by atoms with van der Waals surface area (Å²) >= 11 is 0. The minimum absolute atomic E-state index is 0.195. The van der Waals surface area contributed by atoms with Crippen molar-refractivity contribution >= 4 is 25.7 Å². The van der Waals surface area contributed by atoms with Gasteiger partial charge in [0.2, 0.25) is 20.0 Å². The number of hydrogen-bond donors (Lipinski definition) is 0. The lowest BCUT2D eigenvalue weighted by Crippen LogP contribution is -2.48. The fourth-order valence-electron chi connectivity index (χ4n) is 4.72. The highest BCUT2D eigenvalue weighted by Crippen LogP contribution is 2.33. The molecule has 32 heavy (non-hydrogen) atoms. The molecule has 9 heteroatoms. The van der Waals surface area contributed by atoms with Crippen LogP contribution in [0.3, 0.4) is 0 Å². The van der Waals surface area contributed by atoms with Crippen molar-refractivity contribution in [1.29, 1.82) is 0 Å². The van der Waals surface area contributed by atoms with Crippen LogP contribution in [0.25, 0.3) is 0 Å². The first-order chi connectivity index (χ1) is 15.1. The van der Waals surface area contributed by atoms with E-state index in [9.17, 15) is 16.8 Å². The summed E-state index contributed by atoms with van der Waals surface area (Å²) in [6.07, 6.45) is 2.21. The van der Waals surface area contributed by atoms with E-state index in [-0.39, 0.29) is 11.8 Å². The van der Waals surface area contributed by atoms with E-state index in [1.807, 2.05) is 30.3 Å². The second-order valence-electron chi connectivity index (χ2n) is 8.91. The van der Waals surface area contributed by atoms with Crippen molar-refractivity contribution in [2.45, 2.75) is 24.2 Å². The molecule has 2 atom stereocenters. The van der Waals surface area contributed by atoms with Crippen LogP contribution in [0, 0.1) is 5.92 Å². The Hall–Kier alpha value is -1.94. The van der Waals surface area contributed by atoms with Crippen LogP contribution in [0.2, 0.25) is 0 Å². The summed E-state index contributed by atoms with van der Waals surface area (Å²) in [4.78, 5) is 2.39. The van der Waals surface area contributed by atoms with E-state index >= 15 is 0 Å². The molecule has 0 radical (unpaired) electrons. The molecule has 2 aromatic carbocycles. The fourth-order valence-corrected chi connectivity index (χ4v) is 7.15. The Morgan fingerprint density at radius 3 is 2.00 bits per heavy atom. The lowest BCUT2D eigenvalue weighted by molar-refractivity contribution is 0.253. The summed E-state index contributed by atoms with van der Waals surface area (Å²) in [5.41, 5.74) is 2.09. The van der Waals surface area contributed by atoms with Crippen LogP contribution in [0.15, 0.2) is 59.5 Å². The van der Waals surface area contributed by atoms with Gasteiger partial charge in [-0.15, -0.1) is 0 Å². The van der Waals surface area contributed by atoms with Gasteiger partial charge in [0.1, 0.15) is 0 Å². The Kier molecular flexibility index (Phi) is 6.63. The predicted molar refractivity (Wildman–Crippen MR) is 127 cm³/mol. The number of hydrogen-bond acceptors (Lipinski definition) is 5. The molecule has 0 bridgehead atoms. The quantitative estimate of drug-likeness (QED) is 0.662. The van der Waals surface area contributed by atoms with Crippen LogP contribution in [0.5, 0.6) is 0 Å². The van der Waals surface area contributed by atoms with Gasteiger partial charge in [-0.2, -0.15) is 8.61 Å². The van der Waals surface area contributed by atoms with Gasteiger partial charge in [-0.25, -0.2) is 16.8 Å². The van der Waals surface area contributed by atoms with Crippen molar-refractivity contribution in [2.75, 3.05) is 50.4 Å². The summed E-state index contributed by atoms with van der Waals surface area (Å²) in [7, 11) is -6.76.